The van der Waals surface area contributed by atoms with Gasteiger partial charge in [0.05, 0.1) is 46.8 Å². The first-order valence-electron chi connectivity index (χ1n) is 16.1. The number of hydrogen-bond acceptors (Lipinski definition) is 8. The minimum atomic E-state index is -1.48. The van der Waals surface area contributed by atoms with Crippen molar-refractivity contribution in [3.63, 3.8) is 0 Å². The number of halogens is 1. The summed E-state index contributed by atoms with van der Waals surface area (Å²) < 4.78 is 22.6. The molecule has 8 rings (SSSR count). The minimum absolute atomic E-state index is 0.0273. The molecule has 0 bridgehead atoms. The van der Waals surface area contributed by atoms with Crippen molar-refractivity contribution in [3.05, 3.63) is 71.3 Å². The Morgan fingerprint density at radius 3 is 2.78 bits per heavy atom. The standard InChI is InChI=1S/C36H38FN3O4S2/c1-34-16-20-18-38-40(23-7-5-22(37)6-8-23)28(20)14-21(34)4-10-25-26-12-13-36(43,35(26,2)17-29(41)32(25)34)31(42)19-45-33-39-27-11-9-24(44-3)15-30(27)46-33/h5-9,11,14-15,18,25-26,29,32,41,43H,4,10,12-13,16-17,19H2,1-3H3/t25?,26?,29?,32?,34?,35?,36-/m0/s1. The van der Waals surface area contributed by atoms with Gasteiger partial charge in [-0.05, 0) is 116 Å². The molecule has 0 saturated heterocycles. The Hall–Kier alpha value is -3.05. The second-order valence-corrected chi connectivity index (χ2v) is 16.4. The van der Waals surface area contributed by atoms with Crippen LogP contribution in [0.25, 0.3) is 22.0 Å². The molecule has 0 amide bonds. The van der Waals surface area contributed by atoms with Gasteiger partial charge in [0, 0.05) is 5.41 Å². The molecule has 4 aliphatic rings. The number of nitrogens with zero attached hydrogens (tertiary/aromatic N) is 3. The quantitative estimate of drug-likeness (QED) is 0.218. The van der Waals surface area contributed by atoms with Crippen LogP contribution in [0.4, 0.5) is 4.39 Å². The zero-order chi connectivity index (χ0) is 32.0. The Bertz CT molecular complexity index is 1890. The van der Waals surface area contributed by atoms with Crippen LogP contribution in [0.15, 0.2) is 58.6 Å². The van der Waals surface area contributed by atoms with Gasteiger partial charge in [-0.15, -0.1) is 11.3 Å². The maximum Gasteiger partial charge on any atom is 0.175 e. The first-order valence-corrected chi connectivity index (χ1v) is 17.9. The van der Waals surface area contributed by atoms with Crippen molar-refractivity contribution < 1.29 is 24.1 Å². The minimum Gasteiger partial charge on any atom is -0.497 e. The van der Waals surface area contributed by atoms with E-state index in [9.17, 15) is 19.4 Å². The highest BCUT2D eigenvalue weighted by molar-refractivity contribution is 8.01. The van der Waals surface area contributed by atoms with E-state index in [1.807, 2.05) is 29.1 Å². The number of aliphatic hydroxyl groups excluding tert-OH is 1. The number of aromatic nitrogens is 3. The van der Waals surface area contributed by atoms with Gasteiger partial charge in [-0.2, -0.15) is 5.10 Å². The molecule has 7 atom stereocenters. The van der Waals surface area contributed by atoms with Gasteiger partial charge < -0.3 is 14.9 Å². The van der Waals surface area contributed by atoms with E-state index in [1.165, 1.54) is 40.8 Å². The number of allylic oxidation sites excluding steroid dienone is 1. The normalized spacial score (nSPS) is 33.1. The van der Waals surface area contributed by atoms with E-state index in [2.05, 4.69) is 30.0 Å². The Morgan fingerprint density at radius 2 is 2.00 bits per heavy atom. The molecule has 240 valence electrons. The summed E-state index contributed by atoms with van der Waals surface area (Å²) in [5, 5.41) is 28.9. The molecule has 4 aromatic rings. The molecule has 3 fully saturated rings. The van der Waals surface area contributed by atoms with Crippen molar-refractivity contribution >= 4 is 45.2 Å². The van der Waals surface area contributed by atoms with Crippen molar-refractivity contribution in [2.24, 2.45) is 28.6 Å². The third kappa shape index (κ3) is 4.39. The number of carbonyl (C=O) groups is 1. The predicted molar refractivity (Wildman–Crippen MR) is 178 cm³/mol. The molecule has 46 heavy (non-hydrogen) atoms. The first-order chi connectivity index (χ1) is 22.0. The zero-order valence-electron chi connectivity index (χ0n) is 26.2. The van der Waals surface area contributed by atoms with Gasteiger partial charge in [-0.25, -0.2) is 14.1 Å². The largest absolute Gasteiger partial charge is 0.497 e. The van der Waals surface area contributed by atoms with Crippen molar-refractivity contribution in [3.8, 4) is 11.4 Å². The van der Waals surface area contributed by atoms with Gasteiger partial charge in [0.2, 0.25) is 0 Å². The van der Waals surface area contributed by atoms with Crippen LogP contribution in [0.3, 0.4) is 0 Å². The van der Waals surface area contributed by atoms with Crippen molar-refractivity contribution in [1.82, 2.24) is 14.8 Å². The summed E-state index contributed by atoms with van der Waals surface area (Å²) in [6.45, 7) is 4.34. The van der Waals surface area contributed by atoms with Crippen molar-refractivity contribution in [2.75, 3.05) is 12.9 Å². The lowest BCUT2D eigenvalue weighted by atomic mass is 9.45. The molecule has 10 heteroatoms. The molecular formula is C36H38FN3O4S2. The molecule has 2 aromatic carbocycles. The number of hydrogen-bond donors (Lipinski definition) is 2. The van der Waals surface area contributed by atoms with Crippen molar-refractivity contribution in [2.45, 2.75) is 68.4 Å². The maximum absolute atomic E-state index is 13.9. The fraction of sp³-hybridized carbons (Fsp3) is 0.472. The Balaban J connectivity index is 1.03. The summed E-state index contributed by atoms with van der Waals surface area (Å²) >= 11 is 2.91. The van der Waals surface area contributed by atoms with Gasteiger partial charge in [-0.3, -0.25) is 4.79 Å². The van der Waals surface area contributed by atoms with Crippen LogP contribution in [0, 0.1) is 34.4 Å². The smallest absolute Gasteiger partial charge is 0.175 e. The molecule has 2 N–H and O–H groups in total. The topological polar surface area (TPSA) is 97.5 Å². The summed E-state index contributed by atoms with van der Waals surface area (Å²) in [6.07, 6.45) is 7.70. The van der Waals surface area contributed by atoms with Crippen LogP contribution in [0.2, 0.25) is 0 Å². The highest BCUT2D eigenvalue weighted by atomic mass is 32.2. The second kappa shape index (κ2) is 10.7. The summed E-state index contributed by atoms with van der Waals surface area (Å²) in [5.74, 6) is 0.856. The van der Waals surface area contributed by atoms with Crippen LogP contribution in [-0.2, 0) is 11.2 Å². The van der Waals surface area contributed by atoms with Gasteiger partial charge in [0.15, 0.2) is 10.1 Å². The number of rotatable bonds is 6. The van der Waals surface area contributed by atoms with Crippen LogP contribution in [-0.4, -0.2) is 55.3 Å². The third-order valence-corrected chi connectivity index (χ3v) is 14.2. The SMILES string of the molecule is COc1ccc2nc(SCC(=O)[C@@]3(O)CCC4C5CCC6=Cc7c(cnn7-c7ccc(F)cc7)CC6(C)C5C(O)CC43C)sc2c1. The van der Waals surface area contributed by atoms with Crippen LogP contribution >= 0.6 is 23.1 Å². The van der Waals surface area contributed by atoms with Crippen LogP contribution in [0.1, 0.15) is 57.2 Å². The molecular weight excluding hydrogens is 622 g/mol. The Labute approximate surface area is 275 Å². The van der Waals surface area contributed by atoms with Crippen molar-refractivity contribution in [1.29, 1.82) is 0 Å². The number of thioether (sulfide) groups is 1. The van der Waals surface area contributed by atoms with E-state index >= 15 is 0 Å². The summed E-state index contributed by atoms with van der Waals surface area (Å²) in [4.78, 5) is 18.6. The predicted octanol–water partition coefficient (Wildman–Crippen LogP) is 6.88. The zero-order valence-corrected chi connectivity index (χ0v) is 27.8. The number of ketones is 1. The molecule has 0 spiro atoms. The van der Waals surface area contributed by atoms with E-state index < -0.39 is 17.1 Å². The number of aliphatic hydroxyl groups is 2. The fourth-order valence-corrected chi connectivity index (χ4v) is 11.8. The lowest BCUT2D eigenvalue weighted by Gasteiger charge is -2.60. The summed E-state index contributed by atoms with van der Waals surface area (Å²) in [6, 6.07) is 12.1. The number of Topliss-reactive ketones (excluding diaryl/α,β-unsaturated/α-hetero) is 1. The molecule has 6 unspecified atom stereocenters. The fourth-order valence-electron chi connectivity index (χ4n) is 9.75. The number of thiazole rings is 1. The average Bonchev–Trinajstić information content (AvgIpc) is 3.71. The molecule has 2 heterocycles. The Morgan fingerprint density at radius 1 is 1.20 bits per heavy atom. The molecule has 4 aliphatic carbocycles. The van der Waals surface area contributed by atoms with Crippen LogP contribution < -0.4 is 4.74 Å². The van der Waals surface area contributed by atoms with Crippen LogP contribution in [0.5, 0.6) is 5.75 Å². The second-order valence-electron chi connectivity index (χ2n) is 14.2. The molecule has 2 aromatic heterocycles. The summed E-state index contributed by atoms with van der Waals surface area (Å²) in [5.41, 5.74) is 2.73. The third-order valence-electron chi connectivity index (χ3n) is 12.0. The first kappa shape index (κ1) is 30.3. The molecule has 0 radical (unpaired) electrons. The number of benzene rings is 2. The number of carbonyl (C=O) groups excluding carboxylic acids is 1. The lowest BCUT2D eigenvalue weighted by molar-refractivity contribution is -0.177. The van der Waals surface area contributed by atoms with Gasteiger partial charge in [0.25, 0.3) is 0 Å². The number of methoxy groups -OCH3 is 1. The van der Waals surface area contributed by atoms with E-state index in [0.717, 1.165) is 62.9 Å². The Kier molecular flexibility index (Phi) is 7.07. The average molecular weight is 660 g/mol. The molecule has 0 aliphatic heterocycles. The van der Waals surface area contributed by atoms with E-state index in [1.54, 1.807) is 19.2 Å². The van der Waals surface area contributed by atoms with E-state index in [4.69, 9.17) is 4.74 Å². The highest BCUT2D eigenvalue weighted by Gasteiger charge is 2.68. The number of ether oxygens (including phenoxy) is 1. The number of fused-ring (bicyclic) bond motifs is 7. The summed E-state index contributed by atoms with van der Waals surface area (Å²) in [7, 11) is 1.64. The van der Waals surface area contributed by atoms with Gasteiger partial charge >= 0.3 is 0 Å². The molecule has 7 nitrogen and oxygen atoms in total. The van der Waals surface area contributed by atoms with Gasteiger partial charge in [0.1, 0.15) is 17.2 Å². The molecule has 3 saturated carbocycles. The highest BCUT2D eigenvalue weighted by Crippen LogP contribution is 2.67. The van der Waals surface area contributed by atoms with E-state index in [-0.39, 0.29) is 40.5 Å². The maximum atomic E-state index is 13.9. The lowest BCUT2D eigenvalue weighted by Crippen LogP contribution is -2.62. The van der Waals surface area contributed by atoms with E-state index in [0.29, 0.717) is 12.8 Å². The van der Waals surface area contributed by atoms with Gasteiger partial charge in [-0.1, -0.05) is 31.2 Å². The monoisotopic (exact) mass is 659 g/mol.